The van der Waals surface area contributed by atoms with Gasteiger partial charge in [-0.1, -0.05) is 41.9 Å². The highest BCUT2D eigenvalue weighted by molar-refractivity contribution is 6.30. The van der Waals surface area contributed by atoms with Crippen LogP contribution in [0.15, 0.2) is 42.7 Å². The topological polar surface area (TPSA) is 50.1 Å². The molecule has 1 atom stereocenters. The van der Waals surface area contributed by atoms with Crippen LogP contribution in [0.3, 0.4) is 0 Å². The number of nitrogens with zero attached hydrogens (tertiary/aromatic N) is 2. The van der Waals surface area contributed by atoms with E-state index in [1.54, 1.807) is 17.1 Å². The number of hydrogen-bond donors (Lipinski definition) is 2. The molecule has 0 bridgehead atoms. The van der Waals surface area contributed by atoms with Crippen molar-refractivity contribution in [2.45, 2.75) is 31.0 Å². The van der Waals surface area contributed by atoms with Crippen molar-refractivity contribution in [2.75, 3.05) is 6.61 Å². The van der Waals surface area contributed by atoms with Gasteiger partial charge in [0.1, 0.15) is 0 Å². The molecule has 5 heteroatoms. The van der Waals surface area contributed by atoms with Gasteiger partial charge in [0.2, 0.25) is 0 Å². The molecule has 0 saturated heterocycles. The van der Waals surface area contributed by atoms with E-state index in [2.05, 4.69) is 10.4 Å². The van der Waals surface area contributed by atoms with Gasteiger partial charge in [-0.05, 0) is 18.4 Å². The number of hydrogen-bond acceptors (Lipinski definition) is 3. The fraction of sp³-hybridized carbons (Fsp3) is 0.400. The monoisotopic (exact) mass is 291 g/mol. The lowest BCUT2D eigenvalue weighted by molar-refractivity contribution is 0.135. The molecule has 1 aromatic carbocycles. The molecule has 1 unspecified atom stereocenters. The molecule has 1 fully saturated rings. The van der Waals surface area contributed by atoms with Crippen LogP contribution in [0.2, 0.25) is 5.02 Å². The molecule has 2 N–H and O–H groups in total. The smallest absolute Gasteiger partial charge is 0.0869 e. The average Bonchev–Trinajstić information content (AvgIpc) is 3.20. The first-order valence-corrected chi connectivity index (χ1v) is 7.22. The number of halogens is 1. The number of aromatic nitrogens is 2. The third-order valence-electron chi connectivity index (χ3n) is 3.69. The largest absolute Gasteiger partial charge is 0.394 e. The van der Waals surface area contributed by atoms with E-state index in [0.29, 0.717) is 17.6 Å². The SMILES string of the molecule is OCC(Cn1cc(Cl)cn1)(NC1CC1)c1ccccc1. The van der Waals surface area contributed by atoms with Gasteiger partial charge in [0.25, 0.3) is 0 Å². The van der Waals surface area contributed by atoms with Crippen LogP contribution in [-0.2, 0) is 12.1 Å². The van der Waals surface area contributed by atoms with E-state index in [9.17, 15) is 5.11 Å². The highest BCUT2D eigenvalue weighted by Gasteiger charge is 2.37. The van der Waals surface area contributed by atoms with Crippen molar-refractivity contribution in [1.29, 1.82) is 0 Å². The average molecular weight is 292 g/mol. The van der Waals surface area contributed by atoms with E-state index in [0.717, 1.165) is 18.4 Å². The summed E-state index contributed by atoms with van der Waals surface area (Å²) in [6.45, 7) is 0.571. The second kappa shape index (κ2) is 5.56. The summed E-state index contributed by atoms with van der Waals surface area (Å²) in [7, 11) is 0. The van der Waals surface area contributed by atoms with Crippen molar-refractivity contribution in [3.8, 4) is 0 Å². The van der Waals surface area contributed by atoms with Gasteiger partial charge in [-0.3, -0.25) is 4.68 Å². The Morgan fingerprint density at radius 3 is 2.65 bits per heavy atom. The quantitative estimate of drug-likeness (QED) is 0.858. The van der Waals surface area contributed by atoms with Crippen molar-refractivity contribution in [3.05, 3.63) is 53.3 Å². The summed E-state index contributed by atoms with van der Waals surface area (Å²) in [6.07, 6.45) is 5.72. The molecule has 20 heavy (non-hydrogen) atoms. The zero-order valence-corrected chi connectivity index (χ0v) is 11.9. The van der Waals surface area contributed by atoms with Gasteiger partial charge in [0, 0.05) is 12.2 Å². The predicted molar refractivity (Wildman–Crippen MR) is 78.6 cm³/mol. The van der Waals surface area contributed by atoms with Gasteiger partial charge in [0.15, 0.2) is 0 Å². The molecule has 1 aromatic heterocycles. The van der Waals surface area contributed by atoms with E-state index in [4.69, 9.17) is 11.6 Å². The van der Waals surface area contributed by atoms with Crippen molar-refractivity contribution in [1.82, 2.24) is 15.1 Å². The first-order valence-electron chi connectivity index (χ1n) is 6.84. The lowest BCUT2D eigenvalue weighted by Gasteiger charge is -2.34. The molecular formula is C15H18ClN3O. The third-order valence-corrected chi connectivity index (χ3v) is 3.88. The molecule has 1 heterocycles. The standard InChI is InChI=1S/C15H18ClN3O/c16-13-8-17-19(9-13)10-15(11-20,18-14-6-7-14)12-4-2-1-3-5-12/h1-5,8-9,14,18,20H,6-7,10-11H2. The molecule has 4 nitrogen and oxygen atoms in total. The molecule has 0 aliphatic heterocycles. The first kappa shape index (κ1) is 13.6. The van der Waals surface area contributed by atoms with Crippen LogP contribution in [0.4, 0.5) is 0 Å². The van der Waals surface area contributed by atoms with Crippen molar-refractivity contribution in [3.63, 3.8) is 0 Å². The van der Waals surface area contributed by atoms with Gasteiger partial charge in [-0.15, -0.1) is 0 Å². The van der Waals surface area contributed by atoms with Crippen LogP contribution in [0.25, 0.3) is 0 Å². The fourth-order valence-electron chi connectivity index (χ4n) is 2.48. The molecule has 0 amide bonds. The van der Waals surface area contributed by atoms with E-state index in [-0.39, 0.29) is 6.61 Å². The van der Waals surface area contributed by atoms with Crippen molar-refractivity contribution in [2.24, 2.45) is 0 Å². The van der Waals surface area contributed by atoms with E-state index in [1.807, 2.05) is 30.3 Å². The first-order chi connectivity index (χ1) is 9.72. The highest BCUT2D eigenvalue weighted by Crippen LogP contribution is 2.30. The Morgan fingerprint density at radius 2 is 2.10 bits per heavy atom. The second-order valence-corrected chi connectivity index (χ2v) is 5.82. The summed E-state index contributed by atoms with van der Waals surface area (Å²) in [5.74, 6) is 0. The predicted octanol–water partition coefficient (Wildman–Crippen LogP) is 2.18. The molecule has 0 spiro atoms. The number of aliphatic hydroxyl groups excluding tert-OH is 1. The number of benzene rings is 1. The molecule has 106 valence electrons. The summed E-state index contributed by atoms with van der Waals surface area (Å²) in [5, 5.41) is 18.5. The summed E-state index contributed by atoms with van der Waals surface area (Å²) in [6, 6.07) is 10.5. The normalized spacial score (nSPS) is 17.9. The van der Waals surface area contributed by atoms with Gasteiger partial charge >= 0.3 is 0 Å². The summed E-state index contributed by atoms with van der Waals surface area (Å²) < 4.78 is 1.78. The highest BCUT2D eigenvalue weighted by atomic mass is 35.5. The molecule has 3 rings (SSSR count). The number of rotatable bonds is 6. The fourth-order valence-corrected chi connectivity index (χ4v) is 2.64. The Hall–Kier alpha value is -1.36. The van der Waals surface area contributed by atoms with Crippen LogP contribution in [0, 0.1) is 0 Å². The van der Waals surface area contributed by atoms with Crippen LogP contribution >= 0.6 is 11.6 Å². The van der Waals surface area contributed by atoms with Crippen molar-refractivity contribution < 1.29 is 5.11 Å². The van der Waals surface area contributed by atoms with Gasteiger partial charge in [0.05, 0.1) is 29.9 Å². The van der Waals surface area contributed by atoms with Crippen LogP contribution < -0.4 is 5.32 Å². The Bertz CT molecular complexity index is 568. The Kier molecular flexibility index (Phi) is 3.78. The molecule has 1 aliphatic rings. The van der Waals surface area contributed by atoms with E-state index < -0.39 is 5.54 Å². The molecular weight excluding hydrogens is 274 g/mol. The van der Waals surface area contributed by atoms with E-state index >= 15 is 0 Å². The molecule has 2 aromatic rings. The number of aliphatic hydroxyl groups is 1. The molecule has 0 radical (unpaired) electrons. The van der Waals surface area contributed by atoms with E-state index in [1.165, 1.54) is 0 Å². The van der Waals surface area contributed by atoms with Gasteiger partial charge in [-0.2, -0.15) is 5.10 Å². The maximum absolute atomic E-state index is 10.0. The zero-order valence-electron chi connectivity index (χ0n) is 11.2. The van der Waals surface area contributed by atoms with Crippen molar-refractivity contribution >= 4 is 11.6 Å². The summed E-state index contributed by atoms with van der Waals surface area (Å²) >= 11 is 5.93. The molecule has 1 saturated carbocycles. The van der Waals surface area contributed by atoms with Gasteiger partial charge in [-0.25, -0.2) is 0 Å². The van der Waals surface area contributed by atoms with Crippen LogP contribution in [-0.4, -0.2) is 27.5 Å². The van der Waals surface area contributed by atoms with Crippen LogP contribution in [0.1, 0.15) is 18.4 Å². The maximum Gasteiger partial charge on any atom is 0.0869 e. The zero-order chi connectivity index (χ0) is 14.0. The summed E-state index contributed by atoms with van der Waals surface area (Å²) in [5.41, 5.74) is 0.554. The second-order valence-electron chi connectivity index (χ2n) is 5.38. The lowest BCUT2D eigenvalue weighted by atomic mass is 9.90. The minimum Gasteiger partial charge on any atom is -0.394 e. The Balaban J connectivity index is 1.92. The van der Waals surface area contributed by atoms with Gasteiger partial charge < -0.3 is 10.4 Å². The number of nitrogens with one attached hydrogen (secondary N) is 1. The Morgan fingerprint density at radius 1 is 1.35 bits per heavy atom. The minimum absolute atomic E-state index is 0.0188. The van der Waals surface area contributed by atoms with Crippen LogP contribution in [0.5, 0.6) is 0 Å². The minimum atomic E-state index is -0.516. The maximum atomic E-state index is 10.0. The third kappa shape index (κ3) is 2.87. The Labute approximate surface area is 123 Å². The molecule has 1 aliphatic carbocycles. The lowest BCUT2D eigenvalue weighted by Crippen LogP contribution is -2.50. The summed E-state index contributed by atoms with van der Waals surface area (Å²) in [4.78, 5) is 0.